The third kappa shape index (κ3) is 3.31. The van der Waals surface area contributed by atoms with Gasteiger partial charge in [0.1, 0.15) is 6.42 Å². The van der Waals surface area contributed by atoms with E-state index in [0.29, 0.717) is 0 Å². The van der Waals surface area contributed by atoms with Gasteiger partial charge >= 0.3 is 11.9 Å². The molecular formula is C5H7NO5. The van der Waals surface area contributed by atoms with Crippen LogP contribution in [0, 0.1) is 0 Å². The van der Waals surface area contributed by atoms with Crippen molar-refractivity contribution < 1.29 is 24.6 Å². The van der Waals surface area contributed by atoms with Crippen LogP contribution in [0.3, 0.4) is 0 Å². The zero-order chi connectivity index (χ0) is 9.02. The first-order chi connectivity index (χ1) is 4.95. The molecule has 0 aromatic heterocycles. The molecule has 6 heteroatoms. The number of aliphatic carboxylic acids is 2. The topological polar surface area (TPSA) is 118 Å². The van der Waals surface area contributed by atoms with Crippen LogP contribution in [0.4, 0.5) is 0 Å². The molecule has 0 aromatic rings. The predicted molar refractivity (Wildman–Crippen MR) is 32.9 cm³/mol. The highest BCUT2D eigenvalue weighted by Gasteiger charge is 2.22. The molecule has 4 N–H and O–H groups in total. The summed E-state index contributed by atoms with van der Waals surface area (Å²) in [6.07, 6.45) is -0.854. The Labute approximate surface area is 61.6 Å². The largest absolute Gasteiger partial charge is 0.481 e. The van der Waals surface area contributed by atoms with Gasteiger partial charge in [-0.05, 0) is 0 Å². The highest BCUT2D eigenvalue weighted by atomic mass is 16.4. The zero-order valence-electron chi connectivity index (χ0n) is 5.48. The predicted octanol–water partition coefficient (Wildman–Crippen LogP) is -1.56. The number of carboxylic acids is 2. The Hall–Kier alpha value is -1.43. The quantitative estimate of drug-likeness (QED) is 0.429. The van der Waals surface area contributed by atoms with Crippen LogP contribution >= 0.6 is 0 Å². The van der Waals surface area contributed by atoms with Crippen LogP contribution in [0.5, 0.6) is 0 Å². The number of Topliss-reactive ketones (excluding diaryl/α,β-unsaturated/α-hetero) is 1. The van der Waals surface area contributed by atoms with E-state index < -0.39 is 30.2 Å². The van der Waals surface area contributed by atoms with Gasteiger partial charge in [0.05, 0.1) is 0 Å². The lowest BCUT2D eigenvalue weighted by Gasteiger charge is -2.00. The summed E-state index contributed by atoms with van der Waals surface area (Å²) in [5.74, 6) is -3.91. The monoisotopic (exact) mass is 161 g/mol. The molecule has 0 spiro atoms. The minimum atomic E-state index is -1.73. The van der Waals surface area contributed by atoms with Crippen molar-refractivity contribution >= 4 is 17.7 Å². The molecule has 0 aromatic carbocycles. The van der Waals surface area contributed by atoms with Gasteiger partial charge in [0, 0.05) is 0 Å². The summed E-state index contributed by atoms with van der Waals surface area (Å²) in [6, 6.07) is -1.73. The minimum absolute atomic E-state index is 0.854. The smallest absolute Gasteiger partial charge is 0.328 e. The van der Waals surface area contributed by atoms with Gasteiger partial charge in [0.2, 0.25) is 0 Å². The van der Waals surface area contributed by atoms with Crippen LogP contribution in [0.2, 0.25) is 0 Å². The molecule has 0 saturated heterocycles. The van der Waals surface area contributed by atoms with Crippen LogP contribution in [-0.2, 0) is 14.4 Å². The summed E-state index contributed by atoms with van der Waals surface area (Å²) in [4.78, 5) is 30.4. The molecule has 0 bridgehead atoms. The van der Waals surface area contributed by atoms with Crippen LogP contribution in [0.25, 0.3) is 0 Å². The second-order valence-electron chi connectivity index (χ2n) is 1.85. The zero-order valence-corrected chi connectivity index (χ0v) is 5.48. The fourth-order valence-electron chi connectivity index (χ4n) is 0.397. The molecule has 0 fully saturated rings. The Kier molecular flexibility index (Phi) is 3.19. The van der Waals surface area contributed by atoms with Gasteiger partial charge in [-0.15, -0.1) is 0 Å². The second-order valence-corrected chi connectivity index (χ2v) is 1.85. The Morgan fingerprint density at radius 3 is 2.00 bits per heavy atom. The number of hydrogen-bond donors (Lipinski definition) is 3. The van der Waals surface area contributed by atoms with E-state index in [1.165, 1.54) is 0 Å². The van der Waals surface area contributed by atoms with Gasteiger partial charge in [0.15, 0.2) is 11.8 Å². The molecule has 0 heterocycles. The molecular weight excluding hydrogens is 154 g/mol. The van der Waals surface area contributed by atoms with Crippen molar-refractivity contribution in [3.8, 4) is 0 Å². The number of carbonyl (C=O) groups excluding carboxylic acids is 1. The van der Waals surface area contributed by atoms with Crippen molar-refractivity contribution in [3.63, 3.8) is 0 Å². The number of carboxylic acid groups (broad SMARTS) is 2. The first-order valence-electron chi connectivity index (χ1n) is 2.68. The van der Waals surface area contributed by atoms with E-state index in [4.69, 9.17) is 15.9 Å². The molecule has 1 unspecified atom stereocenters. The highest BCUT2D eigenvalue weighted by molar-refractivity contribution is 6.08. The van der Waals surface area contributed by atoms with Gasteiger partial charge in [-0.1, -0.05) is 0 Å². The average molecular weight is 161 g/mol. The molecule has 0 aliphatic heterocycles. The maximum Gasteiger partial charge on any atom is 0.328 e. The van der Waals surface area contributed by atoms with Gasteiger partial charge < -0.3 is 15.9 Å². The molecule has 0 rings (SSSR count). The van der Waals surface area contributed by atoms with E-state index in [9.17, 15) is 14.4 Å². The lowest BCUT2D eigenvalue weighted by Crippen LogP contribution is -2.39. The van der Waals surface area contributed by atoms with E-state index in [1.54, 1.807) is 0 Å². The Bertz CT molecular complexity index is 199. The fraction of sp³-hybridized carbons (Fsp3) is 0.400. The summed E-state index contributed by atoms with van der Waals surface area (Å²) in [5.41, 5.74) is 4.80. The lowest BCUT2D eigenvalue weighted by atomic mass is 10.1. The maximum atomic E-state index is 10.5. The van der Waals surface area contributed by atoms with E-state index in [1.807, 2.05) is 0 Å². The van der Waals surface area contributed by atoms with E-state index in [-0.39, 0.29) is 0 Å². The van der Waals surface area contributed by atoms with Crippen LogP contribution < -0.4 is 5.73 Å². The molecule has 0 amide bonds. The third-order valence-electron chi connectivity index (χ3n) is 0.938. The third-order valence-corrected chi connectivity index (χ3v) is 0.938. The first kappa shape index (κ1) is 9.57. The summed E-state index contributed by atoms with van der Waals surface area (Å²) >= 11 is 0. The second kappa shape index (κ2) is 3.67. The summed E-state index contributed by atoms with van der Waals surface area (Å²) in [6.45, 7) is 0. The number of rotatable bonds is 4. The van der Waals surface area contributed by atoms with E-state index in [2.05, 4.69) is 0 Å². The van der Waals surface area contributed by atoms with Crippen molar-refractivity contribution in [2.75, 3.05) is 0 Å². The normalized spacial score (nSPS) is 12.1. The van der Waals surface area contributed by atoms with Gasteiger partial charge in [-0.2, -0.15) is 0 Å². The highest BCUT2D eigenvalue weighted by Crippen LogP contribution is 1.88. The van der Waals surface area contributed by atoms with E-state index >= 15 is 0 Å². The van der Waals surface area contributed by atoms with Crippen LogP contribution in [0.1, 0.15) is 6.42 Å². The van der Waals surface area contributed by atoms with Crippen molar-refractivity contribution in [2.45, 2.75) is 12.5 Å². The molecule has 0 radical (unpaired) electrons. The fourth-order valence-corrected chi connectivity index (χ4v) is 0.397. The van der Waals surface area contributed by atoms with Crippen LogP contribution in [0.15, 0.2) is 0 Å². The molecule has 62 valence electrons. The number of carbonyl (C=O) groups is 3. The number of nitrogens with two attached hydrogens (primary N) is 1. The van der Waals surface area contributed by atoms with Crippen molar-refractivity contribution in [2.24, 2.45) is 5.73 Å². The van der Waals surface area contributed by atoms with Gasteiger partial charge in [-0.3, -0.25) is 14.4 Å². The number of hydrogen-bond acceptors (Lipinski definition) is 4. The average Bonchev–Trinajstić information content (AvgIpc) is 1.84. The first-order valence-corrected chi connectivity index (χ1v) is 2.68. The summed E-state index contributed by atoms with van der Waals surface area (Å²) in [5, 5.41) is 16.2. The molecule has 1 atom stereocenters. The standard InChI is InChI=1S/C5H7NO5/c6-4(5(10)11)2(7)1-3(8)9/h4H,1,6H2,(H,8,9)(H,10,11). The van der Waals surface area contributed by atoms with E-state index in [0.717, 1.165) is 0 Å². The van der Waals surface area contributed by atoms with Crippen molar-refractivity contribution in [1.82, 2.24) is 0 Å². The molecule has 0 aliphatic carbocycles. The molecule has 0 aliphatic rings. The summed E-state index contributed by atoms with van der Waals surface area (Å²) < 4.78 is 0. The van der Waals surface area contributed by atoms with Crippen molar-refractivity contribution in [3.05, 3.63) is 0 Å². The minimum Gasteiger partial charge on any atom is -0.481 e. The van der Waals surface area contributed by atoms with Crippen molar-refractivity contribution in [1.29, 1.82) is 0 Å². The molecule has 11 heavy (non-hydrogen) atoms. The Balaban J connectivity index is 4.04. The van der Waals surface area contributed by atoms with Gasteiger partial charge in [-0.25, -0.2) is 0 Å². The lowest BCUT2D eigenvalue weighted by molar-refractivity contribution is -0.144. The Morgan fingerprint density at radius 1 is 1.27 bits per heavy atom. The molecule has 0 saturated carbocycles. The van der Waals surface area contributed by atoms with Gasteiger partial charge in [0.25, 0.3) is 0 Å². The number of ketones is 1. The maximum absolute atomic E-state index is 10.5. The SMILES string of the molecule is NC(C(=O)O)C(=O)CC(=O)O. The molecule has 6 nitrogen and oxygen atoms in total. The van der Waals surface area contributed by atoms with Crippen LogP contribution in [-0.4, -0.2) is 34.0 Å². The Morgan fingerprint density at radius 2 is 1.73 bits per heavy atom. The summed E-state index contributed by atoms with van der Waals surface area (Å²) in [7, 11) is 0.